The van der Waals surface area contributed by atoms with E-state index >= 15 is 0 Å². The maximum atomic E-state index is 12.7. The monoisotopic (exact) mass is 2080 g/mol. The largest absolute Gasteiger partial charge is 0.466 e. The molecule has 0 amide bonds. The Morgan fingerprint density at radius 3 is 1.36 bits per heavy atom. The molecule has 3 saturated carbocycles. The fourth-order valence-corrected chi connectivity index (χ4v) is 17.0. The molecule has 2 bridgehead atoms. The van der Waals surface area contributed by atoms with Gasteiger partial charge in [-0.15, -0.1) is 0 Å². The molecule has 12 rings (SSSR count). The van der Waals surface area contributed by atoms with Gasteiger partial charge in [0.05, 0.1) is 59.5 Å². The van der Waals surface area contributed by atoms with Crippen LogP contribution in [-0.4, -0.2) is 209 Å². The van der Waals surface area contributed by atoms with E-state index < -0.39 is 229 Å². The van der Waals surface area contributed by atoms with E-state index in [1.165, 1.54) is 36.8 Å². The number of ether oxygens (including phenoxy) is 17. The Morgan fingerprint density at radius 2 is 0.930 bits per heavy atom. The Bertz CT molecular complexity index is 4670. The Kier molecular flexibility index (Phi) is 40.1. The van der Waals surface area contributed by atoms with Gasteiger partial charge in [0.1, 0.15) is 24.4 Å². The lowest BCUT2D eigenvalue weighted by Gasteiger charge is -2.36. The van der Waals surface area contributed by atoms with E-state index in [9.17, 15) is 105 Å². The van der Waals surface area contributed by atoms with Gasteiger partial charge in [0.25, 0.3) is 6.10 Å². The fraction of sp³-hybridized carbons (Fsp3) is 0.775. The topological polar surface area (TPSA) is 345 Å². The van der Waals surface area contributed by atoms with Gasteiger partial charge in [-0.1, -0.05) is 158 Å². The fourth-order valence-electron chi connectivity index (χ4n) is 16.4. The van der Waals surface area contributed by atoms with Crippen molar-refractivity contribution in [1.29, 1.82) is 0 Å². The Balaban J connectivity index is 0.000000243. The number of carbonyl (C=O) groups excluding carboxylic acids is 11. The standard InChI is InChI=1S/C25H34O9Si.C22H26F6O9.C18H23F3O6.C14H28O2.C14H22.C9H15F3O2/c1-8-24(2,3)23(28)32-18-16-17(30-21(18)27)19-22(31-16)34-25(4,33-19)15-11-9-14(10-12-15)20(26)29-13-35(5,6)7;1-4-19(2,3)18(31)34-12-10-11(32-15(12)30)13-16(33-10)37-20(36-13)7-5-9(6-8-20)14(29)35-17(21(23,24)25)22(26,27)28;1-5-16(3,4)13(22)26-11-9-6-10-12(11)27-15(24)17(10,7-9)14(23)25-8(2)18(19,20)21;1-6-9-10-12(7-2)11-16-13(15)14(4,5)8-3;1-6-11(2)12-7-9-13(10-8-12)14(3,4)5;1-5-8(3,4)7(13)14-6(2)9(10,11)12/h9-12,16-19,22H,8,13H2,1-7H3;9-13,16-17H,4-8H2,1-3H3;8-12H,5-7H2,1-4H3;12H,6-11H2,1-5H3;7-11H,6H2,1-5H3;6H,5H2,1-4H3. The first-order chi connectivity index (χ1) is 65.6. The van der Waals surface area contributed by atoms with Gasteiger partial charge >= 0.3 is 90.4 Å². The second-order valence-corrected chi connectivity index (χ2v) is 49.5. The Morgan fingerprint density at radius 1 is 0.483 bits per heavy atom. The summed E-state index contributed by atoms with van der Waals surface area (Å²) in [6.07, 6.45) is -31.1. The van der Waals surface area contributed by atoms with Gasteiger partial charge in [0.15, 0.2) is 66.2 Å². The lowest BCUT2D eigenvalue weighted by atomic mass is 9.73. The van der Waals surface area contributed by atoms with Crippen molar-refractivity contribution in [2.75, 3.05) is 12.8 Å². The summed E-state index contributed by atoms with van der Waals surface area (Å²) in [7, 11) is -1.51. The number of unbranched alkanes of at least 4 members (excludes halogenated alkanes) is 1. The number of esters is 11. The van der Waals surface area contributed by atoms with E-state index in [0.717, 1.165) is 26.7 Å². The highest BCUT2D eigenvalue weighted by atomic mass is 28.3. The zero-order valence-corrected chi connectivity index (χ0v) is 88.4. The van der Waals surface area contributed by atoms with E-state index in [0.29, 0.717) is 67.9 Å². The molecule has 7 aliphatic heterocycles. The summed E-state index contributed by atoms with van der Waals surface area (Å²) in [5.74, 6) is -11.4. The smallest absolute Gasteiger partial charge is 0.434 e. The van der Waals surface area contributed by atoms with Crippen molar-refractivity contribution in [1.82, 2.24) is 0 Å². The maximum absolute atomic E-state index is 12.7. The van der Waals surface area contributed by atoms with Gasteiger partial charge < -0.3 is 80.5 Å². The second kappa shape index (κ2) is 47.1. The van der Waals surface area contributed by atoms with Crippen LogP contribution >= 0.6 is 0 Å². The minimum atomic E-state index is -5.80. The summed E-state index contributed by atoms with van der Waals surface area (Å²) in [4.78, 5) is 134. The molecule has 41 heteroatoms. The van der Waals surface area contributed by atoms with Crippen LogP contribution in [0.3, 0.4) is 0 Å². The Hall–Kier alpha value is -8.25. The van der Waals surface area contributed by atoms with Gasteiger partial charge in [-0.25, -0.2) is 14.4 Å². The van der Waals surface area contributed by atoms with Crippen LogP contribution < -0.4 is 0 Å². The summed E-state index contributed by atoms with van der Waals surface area (Å²) in [5, 5.41) is 0. The SMILES string of the molecule is CCC(C)(C)C(=O)OC(C)C(F)(F)F.CCC(C)(C)C(=O)OC1C(=O)OC2C3OC(C)(c4ccc(C(=O)OC[Si](C)(C)C)cc4)OC3OC12.CCC(C)(C)C(=O)OC1C(=O)OC2C3OC4(CCC(C(=O)OC(C(F)(F)F)C(F)(F)F)CC4)OC3OC12.CCC(C)(C)C(=O)OC1C2CC3C1OC(=O)C3(C(=O)OC(C)C(F)(F)F)C2.CCC(C)c1ccc(C(C)(C)C)cc1.CCCCC(CC)COC(=O)C(C)(C)CC. The van der Waals surface area contributed by atoms with Crippen molar-refractivity contribution < 1.29 is 186 Å². The number of alkyl halides is 12. The van der Waals surface area contributed by atoms with Crippen LogP contribution in [0.1, 0.15) is 309 Å². The van der Waals surface area contributed by atoms with Crippen LogP contribution in [0.4, 0.5) is 52.7 Å². The van der Waals surface area contributed by atoms with E-state index in [1.54, 1.807) is 100 Å². The predicted octanol–water partition coefficient (Wildman–Crippen LogP) is 21.0. The van der Waals surface area contributed by atoms with Gasteiger partial charge in [-0.2, -0.15) is 52.7 Å². The highest BCUT2D eigenvalue weighted by Crippen LogP contribution is 2.64. The number of halogens is 12. The van der Waals surface area contributed by atoms with Gasteiger partial charge in [-0.3, -0.25) is 38.4 Å². The van der Waals surface area contributed by atoms with Crippen molar-refractivity contribution in [2.24, 2.45) is 56.2 Å². The lowest BCUT2D eigenvalue weighted by molar-refractivity contribution is -0.315. The second-order valence-electron chi connectivity index (χ2n) is 44.1. The summed E-state index contributed by atoms with van der Waals surface area (Å²) < 4.78 is 242. The molecule has 10 fully saturated rings. The van der Waals surface area contributed by atoms with E-state index in [-0.39, 0.29) is 60.8 Å². The van der Waals surface area contributed by atoms with Gasteiger partial charge in [0, 0.05) is 30.2 Å². The molecule has 143 heavy (non-hydrogen) atoms. The molecule has 7 saturated heterocycles. The van der Waals surface area contributed by atoms with Crippen LogP contribution in [0, 0.1) is 56.2 Å². The van der Waals surface area contributed by atoms with Crippen LogP contribution in [0.2, 0.25) is 19.6 Å². The Labute approximate surface area is 830 Å². The highest BCUT2D eigenvalue weighted by Gasteiger charge is 2.77. The molecule has 2 aromatic carbocycles. The third-order valence-corrected chi connectivity index (χ3v) is 29.8. The zero-order valence-electron chi connectivity index (χ0n) is 87.4. The predicted molar refractivity (Wildman–Crippen MR) is 493 cm³/mol. The molecule has 20 unspecified atom stereocenters. The quantitative estimate of drug-likeness (QED) is 0.0230. The van der Waals surface area contributed by atoms with Crippen molar-refractivity contribution in [2.45, 2.75) is 435 Å². The number of hydrogen-bond donors (Lipinski definition) is 0. The molecule has 10 aliphatic rings. The molecule has 0 radical (unpaired) electrons. The van der Waals surface area contributed by atoms with Crippen LogP contribution in [0.5, 0.6) is 0 Å². The van der Waals surface area contributed by atoms with Gasteiger partial charge in [-0.05, 0) is 201 Å². The van der Waals surface area contributed by atoms with Crippen LogP contribution in [-0.2, 0) is 140 Å². The van der Waals surface area contributed by atoms with Crippen LogP contribution in [0.25, 0.3) is 0 Å². The summed E-state index contributed by atoms with van der Waals surface area (Å²) in [5.41, 5.74) is -0.933. The van der Waals surface area contributed by atoms with Crippen molar-refractivity contribution in [3.63, 3.8) is 0 Å². The summed E-state index contributed by atoms with van der Waals surface area (Å²) in [6.45, 7) is 52.5. The number of hydrogen-bond acceptors (Lipinski definition) is 28. The molecule has 0 N–H and O–H groups in total. The average molecular weight is 2080 g/mol. The normalized spacial score (nSPS) is 28.3. The summed E-state index contributed by atoms with van der Waals surface area (Å²) in [6, 6.07) is 15.9. The van der Waals surface area contributed by atoms with E-state index in [1.807, 2.05) is 34.6 Å². The summed E-state index contributed by atoms with van der Waals surface area (Å²) >= 11 is 0. The van der Waals surface area contributed by atoms with Gasteiger partial charge in [0.2, 0.25) is 12.2 Å². The molecule has 3 aliphatic carbocycles. The van der Waals surface area contributed by atoms with Crippen molar-refractivity contribution in [3.05, 3.63) is 70.8 Å². The van der Waals surface area contributed by atoms with Crippen molar-refractivity contribution >= 4 is 73.7 Å². The molecule has 28 nitrogen and oxygen atoms in total. The molecular weight excluding hydrogens is 1930 g/mol. The van der Waals surface area contributed by atoms with Crippen molar-refractivity contribution in [3.8, 4) is 0 Å². The molecule has 812 valence electrons. The average Bonchev–Trinajstić information content (AvgIpc) is 1.52. The first-order valence-corrected chi connectivity index (χ1v) is 53.0. The molecule has 0 aromatic heterocycles. The zero-order chi connectivity index (χ0) is 109. The van der Waals surface area contributed by atoms with E-state index in [4.69, 9.17) is 66.3 Å². The molecule has 1 spiro atoms. The third kappa shape index (κ3) is 29.9. The van der Waals surface area contributed by atoms with Crippen LogP contribution in [0.15, 0.2) is 48.5 Å². The number of carbonyl (C=O) groups is 11. The number of fused-ring (bicyclic) bond motifs is 7. The third-order valence-electron chi connectivity index (χ3n) is 28.8. The maximum Gasteiger partial charge on any atom is 0.434 e. The lowest BCUT2D eigenvalue weighted by Crippen LogP contribution is -2.48. The molecular formula is C102H148F12O28Si. The highest BCUT2D eigenvalue weighted by molar-refractivity contribution is 6.76. The molecule has 7 heterocycles. The first kappa shape index (κ1) is 122. The number of rotatable bonds is 30. The first-order valence-electron chi connectivity index (χ1n) is 49.3. The molecule has 20 atom stereocenters. The minimum absolute atomic E-state index is 0.0269. The minimum Gasteiger partial charge on any atom is -0.466 e. The van der Waals surface area contributed by atoms with E-state index in [2.05, 4.69) is 107 Å². The molecule has 2 aromatic rings. The number of benzene rings is 2.